The number of likely N-dealkylation sites (tertiary alicyclic amines) is 1. The van der Waals surface area contributed by atoms with E-state index in [2.05, 4.69) is 32.8 Å². The molecule has 0 radical (unpaired) electrons. The van der Waals surface area contributed by atoms with Crippen molar-refractivity contribution in [2.24, 2.45) is 15.9 Å². The van der Waals surface area contributed by atoms with E-state index in [1.807, 2.05) is 33.9 Å². The zero-order valence-electron chi connectivity index (χ0n) is 20.8. The lowest BCUT2D eigenvalue weighted by Gasteiger charge is -2.26. The topological polar surface area (TPSA) is 159 Å². The van der Waals surface area contributed by atoms with Crippen LogP contribution in [-0.2, 0) is 0 Å². The average molecular weight is 488 g/mol. The van der Waals surface area contributed by atoms with E-state index in [1.54, 1.807) is 26.4 Å². The second-order valence-electron chi connectivity index (χ2n) is 9.04. The van der Waals surface area contributed by atoms with Crippen LogP contribution in [0.25, 0.3) is 5.52 Å². The number of pyridine rings is 1. The molecule has 0 spiro atoms. The van der Waals surface area contributed by atoms with Gasteiger partial charge in [0, 0.05) is 30.9 Å². The van der Waals surface area contributed by atoms with Gasteiger partial charge in [0.25, 0.3) is 0 Å². The van der Waals surface area contributed by atoms with Gasteiger partial charge < -0.3 is 15.5 Å². The Morgan fingerprint density at radius 2 is 1.97 bits per heavy atom. The Morgan fingerprint density at radius 3 is 2.58 bits per heavy atom. The van der Waals surface area contributed by atoms with Crippen LogP contribution in [0, 0.1) is 22.8 Å². The maximum absolute atomic E-state index is 9.63. The van der Waals surface area contributed by atoms with Crippen molar-refractivity contribution in [2.45, 2.75) is 58.7 Å². The summed E-state index contributed by atoms with van der Waals surface area (Å²) in [6.07, 6.45) is 8.42. The zero-order valence-corrected chi connectivity index (χ0v) is 20.8. The van der Waals surface area contributed by atoms with Crippen LogP contribution in [0.4, 0.5) is 0 Å². The van der Waals surface area contributed by atoms with Crippen LogP contribution in [0.5, 0.6) is 5.75 Å². The molecule has 1 fully saturated rings. The summed E-state index contributed by atoms with van der Waals surface area (Å²) < 4.78 is 9.65. The van der Waals surface area contributed by atoms with Gasteiger partial charge in [0.05, 0.1) is 24.1 Å². The molecular weight excluding hydrogens is 458 g/mol. The number of hydrogen-bond donors (Lipinski definition) is 1. The summed E-state index contributed by atoms with van der Waals surface area (Å²) in [7, 11) is 0. The summed E-state index contributed by atoms with van der Waals surface area (Å²) in [6.45, 7) is 9.14. The maximum atomic E-state index is 9.63. The van der Waals surface area contributed by atoms with Crippen molar-refractivity contribution in [3.8, 4) is 18.0 Å². The predicted molar refractivity (Wildman–Crippen MR) is 133 cm³/mol. The van der Waals surface area contributed by atoms with E-state index in [1.165, 1.54) is 6.20 Å². The lowest BCUT2D eigenvalue weighted by molar-refractivity contribution is 0.223. The zero-order chi connectivity index (χ0) is 25.8. The molecule has 12 heteroatoms. The normalized spacial score (nSPS) is 16.2. The van der Waals surface area contributed by atoms with E-state index in [4.69, 9.17) is 20.8 Å². The molecule has 1 atom stereocenters. The number of aliphatic imine (C=N–C) groups is 1. The van der Waals surface area contributed by atoms with E-state index in [0.717, 1.165) is 12.8 Å². The number of aromatic nitrogens is 5. The second kappa shape index (κ2) is 10.4. The molecule has 36 heavy (non-hydrogen) atoms. The third kappa shape index (κ3) is 4.98. The van der Waals surface area contributed by atoms with E-state index in [-0.39, 0.29) is 12.1 Å². The summed E-state index contributed by atoms with van der Waals surface area (Å²) in [5.41, 5.74) is 3.42. The van der Waals surface area contributed by atoms with Crippen molar-refractivity contribution in [1.29, 1.82) is 10.5 Å². The van der Waals surface area contributed by atoms with Crippen molar-refractivity contribution in [1.82, 2.24) is 29.5 Å². The average Bonchev–Trinajstić information content (AvgIpc) is 3.53. The minimum absolute atomic E-state index is 0.0873. The Bertz CT molecular complexity index is 1380. The number of piperidine rings is 1. The number of hydrogen-bond acceptors (Lipinski definition) is 10. The fraction of sp³-hybridized carbons (Fsp3) is 0.458. The number of ether oxygens (including phenoxy) is 1. The number of nitrogens with two attached hydrogens (primary N) is 1. The molecule has 4 heterocycles. The van der Waals surface area contributed by atoms with Gasteiger partial charge in [-0.15, -0.1) is 5.10 Å². The van der Waals surface area contributed by atoms with Crippen LogP contribution in [0.3, 0.4) is 0 Å². The van der Waals surface area contributed by atoms with Crippen LogP contribution in [0.1, 0.15) is 69.5 Å². The Hall–Kier alpha value is -4.45. The van der Waals surface area contributed by atoms with Gasteiger partial charge >= 0.3 is 0 Å². The van der Waals surface area contributed by atoms with Crippen LogP contribution < -0.4 is 10.6 Å². The molecule has 3 aromatic rings. The minimum atomic E-state index is -0.434. The first-order chi connectivity index (χ1) is 17.3. The maximum Gasteiger partial charge on any atom is 0.179 e. The lowest BCUT2D eigenvalue weighted by Crippen LogP contribution is -2.32. The molecule has 1 unspecified atom stereocenters. The van der Waals surface area contributed by atoms with Crippen molar-refractivity contribution < 1.29 is 4.74 Å². The number of hydrazone groups is 1. The first-order valence-electron chi connectivity index (χ1n) is 11.8. The highest BCUT2D eigenvalue weighted by molar-refractivity contribution is 6.47. The number of nitriles is 2. The highest BCUT2D eigenvalue weighted by Crippen LogP contribution is 2.29. The first-order valence-corrected chi connectivity index (χ1v) is 11.8. The summed E-state index contributed by atoms with van der Waals surface area (Å²) >= 11 is 0. The second-order valence-corrected chi connectivity index (χ2v) is 9.04. The molecular formula is C24H29N11O. The summed E-state index contributed by atoms with van der Waals surface area (Å²) in [4.78, 5) is 6.58. The van der Waals surface area contributed by atoms with Crippen LogP contribution in [0.2, 0.25) is 0 Å². The third-order valence-electron chi connectivity index (χ3n) is 6.20. The van der Waals surface area contributed by atoms with Crippen LogP contribution >= 0.6 is 0 Å². The molecule has 186 valence electrons. The molecule has 4 rings (SSSR count). The van der Waals surface area contributed by atoms with E-state index in [9.17, 15) is 5.26 Å². The number of rotatable bonds is 7. The van der Waals surface area contributed by atoms with E-state index in [0.29, 0.717) is 52.6 Å². The molecule has 0 saturated carbocycles. The molecule has 0 aliphatic carbocycles. The van der Waals surface area contributed by atoms with Gasteiger partial charge in [0.2, 0.25) is 0 Å². The van der Waals surface area contributed by atoms with Gasteiger partial charge in [-0.1, -0.05) is 5.21 Å². The predicted octanol–water partition coefficient (Wildman–Crippen LogP) is 2.59. The van der Waals surface area contributed by atoms with Crippen LogP contribution in [0.15, 0.2) is 34.8 Å². The first kappa shape index (κ1) is 24.7. The Morgan fingerprint density at radius 1 is 1.22 bits per heavy atom. The third-order valence-corrected chi connectivity index (χ3v) is 6.20. The van der Waals surface area contributed by atoms with Crippen molar-refractivity contribution in [2.75, 3.05) is 13.1 Å². The number of nitrogens with zero attached hydrogens (tertiary/aromatic N) is 10. The highest BCUT2D eigenvalue weighted by Gasteiger charge is 2.22. The quantitative estimate of drug-likeness (QED) is 0.230. The molecule has 1 saturated heterocycles. The lowest BCUT2D eigenvalue weighted by atomic mass is 10.0. The summed E-state index contributed by atoms with van der Waals surface area (Å²) in [5.74, 6) is 6.26. The largest absolute Gasteiger partial charge is 0.482 e. The van der Waals surface area contributed by atoms with Crippen LogP contribution in [-0.4, -0.2) is 60.1 Å². The standard InChI is InChI=1S/C24H29N11O/c1-15(2)34-13-21(31-32-34)17(4)36-22-9-18(12-35-24(22)19(10-25)11-28-35)23(30-27)16(3)29-20-5-7-33(14-26)8-6-20/h9,11-13,15,17,20H,5-8,27H2,1-4H3/b29-16?,30-23+. The van der Waals surface area contributed by atoms with E-state index >= 15 is 0 Å². The molecule has 1 aliphatic heterocycles. The monoisotopic (exact) mass is 487 g/mol. The number of fused-ring (bicyclic) bond motifs is 1. The molecule has 0 amide bonds. The van der Waals surface area contributed by atoms with Crippen molar-refractivity contribution in [3.63, 3.8) is 0 Å². The fourth-order valence-corrected chi connectivity index (χ4v) is 4.17. The van der Waals surface area contributed by atoms with Crippen molar-refractivity contribution >= 4 is 16.9 Å². The van der Waals surface area contributed by atoms with Gasteiger partial charge in [-0.25, -0.2) is 9.20 Å². The molecule has 0 aromatic carbocycles. The van der Waals surface area contributed by atoms with Gasteiger partial charge in [-0.05, 0) is 46.6 Å². The SMILES string of the molecule is CC(=NC1CCN(C#N)CC1)/C(=N\N)c1cc(OC(C)c2cn(C(C)C)nn2)c2c(C#N)cnn2c1. The van der Waals surface area contributed by atoms with Gasteiger partial charge in [-0.3, -0.25) is 4.99 Å². The van der Waals surface area contributed by atoms with Crippen molar-refractivity contribution in [3.05, 3.63) is 41.5 Å². The molecule has 0 bridgehead atoms. The van der Waals surface area contributed by atoms with E-state index < -0.39 is 6.10 Å². The molecule has 3 aromatic heterocycles. The summed E-state index contributed by atoms with van der Waals surface area (Å²) in [6, 6.07) is 4.23. The molecule has 2 N–H and O–H groups in total. The Labute approximate surface area is 209 Å². The minimum Gasteiger partial charge on any atom is -0.482 e. The molecule has 12 nitrogen and oxygen atoms in total. The van der Waals surface area contributed by atoms with Gasteiger partial charge in [0.15, 0.2) is 6.19 Å². The Balaban J connectivity index is 1.67. The smallest absolute Gasteiger partial charge is 0.179 e. The van der Waals surface area contributed by atoms with Gasteiger partial charge in [-0.2, -0.15) is 20.7 Å². The molecule has 1 aliphatic rings. The fourth-order valence-electron chi connectivity index (χ4n) is 4.17. The highest BCUT2D eigenvalue weighted by atomic mass is 16.5. The Kier molecular flexibility index (Phi) is 7.15. The summed E-state index contributed by atoms with van der Waals surface area (Å²) in [5, 5.41) is 35.5. The van der Waals surface area contributed by atoms with Gasteiger partial charge in [0.1, 0.15) is 40.4 Å².